The molecule has 3 aromatic heterocycles. The molecule has 2 aliphatic rings. The summed E-state index contributed by atoms with van der Waals surface area (Å²) in [5.74, 6) is 0.881. The van der Waals surface area contributed by atoms with Crippen molar-refractivity contribution in [3.8, 4) is 0 Å². The van der Waals surface area contributed by atoms with Gasteiger partial charge in [0.2, 0.25) is 5.71 Å². The molecule has 1 fully saturated rings. The van der Waals surface area contributed by atoms with Crippen LogP contribution in [0.15, 0.2) is 77.5 Å². The summed E-state index contributed by atoms with van der Waals surface area (Å²) in [5.41, 5.74) is 7.52. The minimum atomic E-state index is 0.238. The largest absolute Gasteiger partial charge is 0.432 e. The predicted octanol–water partition coefficient (Wildman–Crippen LogP) is 5.56. The molecule has 0 bridgehead atoms. The fourth-order valence-electron chi connectivity index (χ4n) is 5.91. The van der Waals surface area contributed by atoms with Crippen LogP contribution in [0.2, 0.25) is 0 Å². The van der Waals surface area contributed by atoms with Gasteiger partial charge < -0.3 is 9.32 Å². The third kappa shape index (κ3) is 3.73. The summed E-state index contributed by atoms with van der Waals surface area (Å²) in [7, 11) is 0. The first-order chi connectivity index (χ1) is 17.8. The zero-order valence-electron chi connectivity index (χ0n) is 20.3. The molecule has 1 saturated heterocycles. The first-order valence-electron chi connectivity index (χ1n) is 13.0. The van der Waals surface area contributed by atoms with Crippen molar-refractivity contribution >= 4 is 28.0 Å². The zero-order chi connectivity index (χ0) is 23.9. The van der Waals surface area contributed by atoms with Crippen LogP contribution in [-0.2, 0) is 12.8 Å². The van der Waals surface area contributed by atoms with Crippen LogP contribution in [0.1, 0.15) is 41.3 Å². The van der Waals surface area contributed by atoms with E-state index in [1.165, 1.54) is 35.2 Å². The standard InChI is InChI=1S/C30H29N5O/c1-3-9-21(10-4-1)27(22-11-5-2-6-12-22)34-15-17-35(18-16-34)29-28-26(31-20-32-29)24-19-23-13-7-8-14-25(23)33-30(24)36-28/h1-6,9-12,19-20,27H,7-8,13-18H2. The van der Waals surface area contributed by atoms with Crippen molar-refractivity contribution in [1.29, 1.82) is 0 Å². The van der Waals surface area contributed by atoms with Crippen LogP contribution in [0.3, 0.4) is 0 Å². The average Bonchev–Trinajstić information content (AvgIpc) is 3.31. The first-order valence-corrected chi connectivity index (χ1v) is 13.0. The highest BCUT2D eigenvalue weighted by atomic mass is 16.3. The maximum absolute atomic E-state index is 6.32. The van der Waals surface area contributed by atoms with Crippen molar-refractivity contribution in [2.24, 2.45) is 0 Å². The molecule has 0 atom stereocenters. The monoisotopic (exact) mass is 475 g/mol. The van der Waals surface area contributed by atoms with Crippen molar-refractivity contribution in [3.05, 3.63) is 95.4 Å². The molecule has 0 N–H and O–H groups in total. The smallest absolute Gasteiger partial charge is 0.229 e. The summed E-state index contributed by atoms with van der Waals surface area (Å²) in [6.07, 6.45) is 6.23. The summed E-state index contributed by atoms with van der Waals surface area (Å²) in [4.78, 5) is 19.1. The molecule has 6 heteroatoms. The fourth-order valence-corrected chi connectivity index (χ4v) is 5.91. The number of hydrogen-bond acceptors (Lipinski definition) is 6. The molecule has 0 amide bonds. The van der Waals surface area contributed by atoms with E-state index in [0.717, 1.165) is 61.3 Å². The van der Waals surface area contributed by atoms with E-state index >= 15 is 0 Å². The van der Waals surface area contributed by atoms with Crippen LogP contribution in [0.4, 0.5) is 5.82 Å². The Morgan fingerprint density at radius 1 is 0.778 bits per heavy atom. The highest BCUT2D eigenvalue weighted by Gasteiger charge is 2.29. The van der Waals surface area contributed by atoms with Gasteiger partial charge in [-0.25, -0.2) is 15.0 Å². The highest BCUT2D eigenvalue weighted by molar-refractivity contribution is 6.04. The van der Waals surface area contributed by atoms with E-state index in [4.69, 9.17) is 9.40 Å². The van der Waals surface area contributed by atoms with Crippen LogP contribution in [0.25, 0.3) is 22.2 Å². The molecule has 180 valence electrons. The van der Waals surface area contributed by atoms with Gasteiger partial charge in [0.05, 0.1) is 11.4 Å². The quantitative estimate of drug-likeness (QED) is 0.339. The van der Waals surface area contributed by atoms with Crippen LogP contribution < -0.4 is 4.90 Å². The van der Waals surface area contributed by atoms with Gasteiger partial charge in [0, 0.05) is 31.9 Å². The maximum Gasteiger partial charge on any atom is 0.229 e. The van der Waals surface area contributed by atoms with E-state index < -0.39 is 0 Å². The van der Waals surface area contributed by atoms with Crippen molar-refractivity contribution in [2.75, 3.05) is 31.1 Å². The summed E-state index contributed by atoms with van der Waals surface area (Å²) in [6.45, 7) is 3.63. The Morgan fingerprint density at radius 3 is 2.19 bits per heavy atom. The minimum Gasteiger partial charge on any atom is -0.432 e. The highest BCUT2D eigenvalue weighted by Crippen LogP contribution is 2.35. The number of nitrogens with zero attached hydrogens (tertiary/aromatic N) is 5. The van der Waals surface area contributed by atoms with Gasteiger partial charge in [0.15, 0.2) is 11.4 Å². The van der Waals surface area contributed by atoms with Crippen LogP contribution >= 0.6 is 0 Å². The summed E-state index contributed by atoms with van der Waals surface area (Å²) in [6, 6.07) is 24.1. The number of pyridine rings is 1. The molecule has 7 rings (SSSR count). The van der Waals surface area contributed by atoms with Crippen LogP contribution in [-0.4, -0.2) is 46.0 Å². The van der Waals surface area contributed by atoms with Gasteiger partial charge in [-0.15, -0.1) is 0 Å². The van der Waals surface area contributed by atoms with Crippen LogP contribution in [0.5, 0.6) is 0 Å². The molecule has 5 aromatic rings. The topological polar surface area (TPSA) is 58.3 Å². The van der Waals surface area contributed by atoms with Crippen molar-refractivity contribution in [2.45, 2.75) is 31.7 Å². The second-order valence-electron chi connectivity index (χ2n) is 9.88. The van der Waals surface area contributed by atoms with Gasteiger partial charge in [0.25, 0.3) is 0 Å². The number of aryl methyl sites for hydroxylation is 2. The lowest BCUT2D eigenvalue weighted by atomic mass is 9.95. The van der Waals surface area contributed by atoms with Gasteiger partial charge in [-0.05, 0) is 48.4 Å². The Labute approximate surface area is 210 Å². The fraction of sp³-hybridized carbons (Fsp3) is 0.300. The van der Waals surface area contributed by atoms with E-state index in [9.17, 15) is 0 Å². The molecular weight excluding hydrogens is 446 g/mol. The van der Waals surface area contributed by atoms with Crippen molar-refractivity contribution in [1.82, 2.24) is 19.9 Å². The van der Waals surface area contributed by atoms with Gasteiger partial charge in [0.1, 0.15) is 11.8 Å². The second kappa shape index (κ2) is 9.03. The summed E-state index contributed by atoms with van der Waals surface area (Å²) < 4.78 is 6.32. The van der Waals surface area contributed by atoms with E-state index in [1.807, 2.05) is 0 Å². The number of piperazine rings is 1. The number of benzene rings is 2. The molecule has 0 radical (unpaired) electrons. The SMILES string of the molecule is c1ccc(C(c2ccccc2)N2CCN(c3ncnc4c3oc3nc5c(cc34)CCCC5)CC2)cc1. The molecule has 1 aliphatic carbocycles. The van der Waals surface area contributed by atoms with E-state index in [0.29, 0.717) is 5.71 Å². The third-order valence-corrected chi connectivity index (χ3v) is 7.71. The number of anilines is 1. The molecule has 0 spiro atoms. The lowest BCUT2D eigenvalue weighted by Gasteiger charge is -2.40. The Hall–Kier alpha value is -3.77. The number of rotatable bonds is 4. The lowest BCUT2D eigenvalue weighted by Crippen LogP contribution is -2.48. The number of hydrogen-bond donors (Lipinski definition) is 0. The second-order valence-corrected chi connectivity index (χ2v) is 9.88. The molecule has 1 aliphatic heterocycles. The summed E-state index contributed by atoms with van der Waals surface area (Å²) in [5, 5.41) is 1.01. The Kier molecular flexibility index (Phi) is 5.39. The number of fused-ring (bicyclic) bond motifs is 4. The predicted molar refractivity (Wildman–Crippen MR) is 142 cm³/mol. The molecular formula is C30H29N5O. The summed E-state index contributed by atoms with van der Waals surface area (Å²) >= 11 is 0. The first kappa shape index (κ1) is 21.5. The average molecular weight is 476 g/mol. The molecule has 0 unspecified atom stereocenters. The Balaban J connectivity index is 1.19. The van der Waals surface area contributed by atoms with E-state index in [2.05, 4.69) is 86.5 Å². The van der Waals surface area contributed by atoms with Crippen molar-refractivity contribution in [3.63, 3.8) is 0 Å². The van der Waals surface area contributed by atoms with Crippen LogP contribution in [0, 0.1) is 0 Å². The Bertz CT molecular complexity index is 1470. The third-order valence-electron chi connectivity index (χ3n) is 7.71. The molecule has 0 saturated carbocycles. The van der Waals surface area contributed by atoms with Crippen molar-refractivity contribution < 1.29 is 4.42 Å². The number of furan rings is 1. The molecule has 2 aromatic carbocycles. The van der Waals surface area contributed by atoms with Gasteiger partial charge in [-0.2, -0.15) is 0 Å². The Morgan fingerprint density at radius 2 is 1.47 bits per heavy atom. The molecule has 36 heavy (non-hydrogen) atoms. The minimum absolute atomic E-state index is 0.238. The van der Waals surface area contributed by atoms with Gasteiger partial charge in [-0.3, -0.25) is 4.90 Å². The zero-order valence-corrected chi connectivity index (χ0v) is 20.3. The van der Waals surface area contributed by atoms with E-state index in [-0.39, 0.29) is 6.04 Å². The molecule has 6 nitrogen and oxygen atoms in total. The molecule has 4 heterocycles. The normalized spacial score (nSPS) is 16.6. The number of aromatic nitrogens is 3. The maximum atomic E-state index is 6.32. The van der Waals surface area contributed by atoms with E-state index in [1.54, 1.807) is 6.33 Å². The van der Waals surface area contributed by atoms with Gasteiger partial charge in [-0.1, -0.05) is 60.7 Å². The van der Waals surface area contributed by atoms with Gasteiger partial charge >= 0.3 is 0 Å². The lowest BCUT2D eigenvalue weighted by molar-refractivity contribution is 0.212.